The van der Waals surface area contributed by atoms with E-state index in [1.54, 1.807) is 0 Å². The monoisotopic (exact) mass is 240 g/mol. The highest BCUT2D eigenvalue weighted by Crippen LogP contribution is 2.48. The van der Waals surface area contributed by atoms with Crippen molar-refractivity contribution in [3.8, 4) is 5.75 Å². The van der Waals surface area contributed by atoms with Crippen molar-refractivity contribution in [2.24, 2.45) is 0 Å². The zero-order chi connectivity index (χ0) is 12.6. The van der Waals surface area contributed by atoms with Crippen LogP contribution < -0.4 is 4.74 Å². The van der Waals surface area contributed by atoms with Gasteiger partial charge in [-0.2, -0.15) is 0 Å². The lowest BCUT2D eigenvalue weighted by Gasteiger charge is -2.42. The molecule has 17 heavy (non-hydrogen) atoms. The minimum Gasteiger partial charge on any atom is -0.493 e. The summed E-state index contributed by atoms with van der Waals surface area (Å²) in [5.74, 6) is -1.71. The molecule has 0 heterocycles. The van der Waals surface area contributed by atoms with Gasteiger partial charge in [-0.15, -0.1) is 0 Å². The van der Waals surface area contributed by atoms with Crippen molar-refractivity contribution in [2.45, 2.75) is 24.4 Å². The van der Waals surface area contributed by atoms with Crippen LogP contribution in [0.15, 0.2) is 18.2 Å². The number of halogens is 1. The fraction of sp³-hybridized carbons (Fsp3) is 0.417. The van der Waals surface area contributed by atoms with Crippen LogP contribution in [0, 0.1) is 5.82 Å². The van der Waals surface area contributed by atoms with Crippen molar-refractivity contribution in [2.75, 3.05) is 7.11 Å². The molecule has 0 radical (unpaired) electrons. The second-order valence-electron chi connectivity index (χ2n) is 4.27. The van der Waals surface area contributed by atoms with Crippen LogP contribution in [0.25, 0.3) is 0 Å². The van der Waals surface area contributed by atoms with Gasteiger partial charge in [0.05, 0.1) is 13.2 Å². The van der Waals surface area contributed by atoms with Crippen molar-refractivity contribution >= 4 is 5.97 Å². The topological polar surface area (TPSA) is 66.8 Å². The predicted molar refractivity (Wildman–Crippen MR) is 57.5 cm³/mol. The third-order valence-corrected chi connectivity index (χ3v) is 3.26. The fourth-order valence-electron chi connectivity index (χ4n) is 2.35. The van der Waals surface area contributed by atoms with Gasteiger partial charge in [0.1, 0.15) is 5.41 Å². The van der Waals surface area contributed by atoms with Crippen LogP contribution in [0.4, 0.5) is 4.39 Å². The van der Waals surface area contributed by atoms with Gasteiger partial charge >= 0.3 is 5.97 Å². The van der Waals surface area contributed by atoms with Gasteiger partial charge in [-0.3, -0.25) is 4.79 Å². The van der Waals surface area contributed by atoms with E-state index in [0.29, 0.717) is 0 Å². The molecule has 0 bridgehead atoms. The van der Waals surface area contributed by atoms with Gasteiger partial charge in [-0.05, 0) is 18.9 Å². The molecule has 2 rings (SSSR count). The Morgan fingerprint density at radius 3 is 2.65 bits per heavy atom. The van der Waals surface area contributed by atoms with Gasteiger partial charge in [-0.1, -0.05) is 12.1 Å². The van der Waals surface area contributed by atoms with Gasteiger partial charge in [0.25, 0.3) is 0 Å². The molecule has 0 aromatic heterocycles. The smallest absolute Gasteiger partial charge is 0.314 e. The van der Waals surface area contributed by atoms with E-state index in [1.165, 1.54) is 25.3 Å². The van der Waals surface area contributed by atoms with Gasteiger partial charge in [0.15, 0.2) is 11.6 Å². The van der Waals surface area contributed by atoms with Gasteiger partial charge < -0.3 is 14.9 Å². The maximum Gasteiger partial charge on any atom is 0.314 e. The number of hydrogen-bond donors (Lipinski definition) is 2. The molecule has 1 aromatic rings. The number of rotatable bonds is 3. The van der Waals surface area contributed by atoms with Crippen LogP contribution in [-0.4, -0.2) is 29.4 Å². The molecule has 5 heteroatoms. The highest BCUT2D eigenvalue weighted by atomic mass is 19.1. The summed E-state index contributed by atoms with van der Waals surface area (Å²) in [6.07, 6.45) is -0.483. The zero-order valence-electron chi connectivity index (χ0n) is 9.31. The summed E-state index contributed by atoms with van der Waals surface area (Å²) >= 11 is 0. The van der Waals surface area contributed by atoms with E-state index in [-0.39, 0.29) is 24.2 Å². The number of aliphatic hydroxyl groups excluding tert-OH is 1. The number of benzene rings is 1. The lowest BCUT2D eigenvalue weighted by Crippen LogP contribution is -2.50. The summed E-state index contributed by atoms with van der Waals surface area (Å²) in [5, 5.41) is 18.6. The van der Waals surface area contributed by atoms with E-state index in [2.05, 4.69) is 0 Å². The maximum atomic E-state index is 13.5. The average molecular weight is 240 g/mol. The summed E-state index contributed by atoms with van der Waals surface area (Å²) in [7, 11) is 1.30. The molecule has 1 aliphatic carbocycles. The molecule has 0 spiro atoms. The Bertz CT molecular complexity index is 452. The molecule has 0 unspecified atom stereocenters. The van der Waals surface area contributed by atoms with Crippen LogP contribution >= 0.6 is 0 Å². The molecule has 0 amide bonds. The molecule has 1 aliphatic rings. The van der Waals surface area contributed by atoms with E-state index in [1.807, 2.05) is 0 Å². The Hall–Kier alpha value is -1.62. The average Bonchev–Trinajstić information content (AvgIpc) is 2.23. The molecule has 2 N–H and O–H groups in total. The Labute approximate surface area is 97.6 Å². The summed E-state index contributed by atoms with van der Waals surface area (Å²) in [5.41, 5.74) is -0.940. The van der Waals surface area contributed by atoms with Crippen LogP contribution in [-0.2, 0) is 10.2 Å². The van der Waals surface area contributed by atoms with Crippen LogP contribution in [0.1, 0.15) is 18.4 Å². The number of hydrogen-bond acceptors (Lipinski definition) is 3. The minimum absolute atomic E-state index is 0.0539. The summed E-state index contributed by atoms with van der Waals surface area (Å²) in [6, 6.07) is 4.19. The zero-order valence-corrected chi connectivity index (χ0v) is 9.31. The molecule has 92 valence electrons. The Kier molecular flexibility index (Phi) is 2.79. The van der Waals surface area contributed by atoms with Crippen molar-refractivity contribution in [1.82, 2.24) is 0 Å². The van der Waals surface area contributed by atoms with Gasteiger partial charge in [-0.25, -0.2) is 4.39 Å². The minimum atomic E-state index is -1.23. The SMILES string of the molecule is COc1c(F)cccc1C1(C(=O)O)CC(O)C1. The largest absolute Gasteiger partial charge is 0.493 e. The Morgan fingerprint density at radius 2 is 2.18 bits per heavy atom. The number of aliphatic carboxylic acids is 1. The third kappa shape index (κ3) is 1.67. The lowest BCUT2D eigenvalue weighted by molar-refractivity contribution is -0.153. The van der Waals surface area contributed by atoms with Crippen LogP contribution in [0.5, 0.6) is 5.75 Å². The number of carbonyl (C=O) groups is 1. The molecular formula is C12H13FO4. The maximum absolute atomic E-state index is 13.5. The molecular weight excluding hydrogens is 227 g/mol. The molecule has 0 atom stereocenters. The molecule has 1 fully saturated rings. The van der Waals surface area contributed by atoms with Crippen LogP contribution in [0.3, 0.4) is 0 Å². The van der Waals surface area contributed by atoms with E-state index >= 15 is 0 Å². The van der Waals surface area contributed by atoms with Crippen molar-refractivity contribution < 1.29 is 24.1 Å². The predicted octanol–water partition coefficient (Wildman–Crippen LogP) is 1.31. The number of aliphatic hydroxyl groups is 1. The molecule has 1 aromatic carbocycles. The molecule has 0 aliphatic heterocycles. The summed E-state index contributed by atoms with van der Waals surface area (Å²) in [4.78, 5) is 11.3. The van der Waals surface area contributed by atoms with E-state index in [4.69, 9.17) is 4.74 Å². The number of ether oxygens (including phenoxy) is 1. The number of methoxy groups -OCH3 is 1. The molecule has 1 saturated carbocycles. The quantitative estimate of drug-likeness (QED) is 0.836. The van der Waals surface area contributed by atoms with E-state index < -0.39 is 23.3 Å². The Balaban J connectivity index is 2.52. The first-order chi connectivity index (χ1) is 8.01. The lowest BCUT2D eigenvalue weighted by atomic mass is 9.62. The van der Waals surface area contributed by atoms with E-state index in [9.17, 15) is 19.4 Å². The summed E-state index contributed by atoms with van der Waals surface area (Å²) < 4.78 is 18.4. The van der Waals surface area contributed by atoms with Gasteiger partial charge in [0.2, 0.25) is 0 Å². The number of carboxylic acids is 1. The Morgan fingerprint density at radius 1 is 1.53 bits per heavy atom. The normalized spacial score (nSPS) is 27.4. The van der Waals surface area contributed by atoms with Crippen LogP contribution in [0.2, 0.25) is 0 Å². The van der Waals surface area contributed by atoms with Crippen molar-refractivity contribution in [1.29, 1.82) is 0 Å². The standard InChI is InChI=1S/C12H13FO4/c1-17-10-8(3-2-4-9(10)13)12(11(15)16)5-7(14)6-12/h2-4,7,14H,5-6H2,1H3,(H,15,16). The van der Waals surface area contributed by atoms with E-state index in [0.717, 1.165) is 0 Å². The second kappa shape index (κ2) is 4.00. The molecule has 4 nitrogen and oxygen atoms in total. The second-order valence-corrected chi connectivity index (χ2v) is 4.27. The van der Waals surface area contributed by atoms with Crippen molar-refractivity contribution in [3.63, 3.8) is 0 Å². The fourth-order valence-corrected chi connectivity index (χ4v) is 2.35. The number of carboxylic acid groups (broad SMARTS) is 1. The first-order valence-corrected chi connectivity index (χ1v) is 5.25. The highest BCUT2D eigenvalue weighted by Gasteiger charge is 2.53. The van der Waals surface area contributed by atoms with Gasteiger partial charge in [0, 0.05) is 5.56 Å². The third-order valence-electron chi connectivity index (χ3n) is 3.26. The number of para-hydroxylation sites is 1. The highest BCUT2D eigenvalue weighted by molar-refractivity contribution is 5.84. The first kappa shape index (κ1) is 11.9. The first-order valence-electron chi connectivity index (χ1n) is 5.25. The molecule has 0 saturated heterocycles. The van der Waals surface area contributed by atoms with Crippen molar-refractivity contribution in [3.05, 3.63) is 29.6 Å². The summed E-state index contributed by atoms with van der Waals surface area (Å²) in [6.45, 7) is 0.